The molecule has 0 saturated heterocycles. The molecule has 0 aliphatic heterocycles. The number of nitrogens with zero attached hydrogens (tertiary/aromatic N) is 5. The highest BCUT2D eigenvalue weighted by molar-refractivity contribution is 7.19. The smallest absolute Gasteiger partial charge is 0.182 e. The maximum absolute atomic E-state index is 4.90. The molecule has 0 fully saturated rings. The van der Waals surface area contributed by atoms with Crippen LogP contribution in [0, 0.1) is 5.92 Å². The third kappa shape index (κ3) is 2.40. The molecule has 6 heteroatoms. The van der Waals surface area contributed by atoms with Crippen LogP contribution in [0.15, 0.2) is 30.6 Å². The van der Waals surface area contributed by atoms with E-state index in [1.165, 1.54) is 27.9 Å². The lowest BCUT2D eigenvalue weighted by Gasteiger charge is -2.17. The lowest BCUT2D eigenvalue weighted by Crippen LogP contribution is -2.09. The van der Waals surface area contributed by atoms with Crippen molar-refractivity contribution in [2.75, 3.05) is 19.0 Å². The minimum Gasteiger partial charge on any atom is -0.378 e. The van der Waals surface area contributed by atoms with Crippen molar-refractivity contribution in [1.29, 1.82) is 0 Å². The molecule has 0 radical (unpaired) electrons. The van der Waals surface area contributed by atoms with Gasteiger partial charge in [0.05, 0.1) is 5.39 Å². The van der Waals surface area contributed by atoms with Gasteiger partial charge in [0.2, 0.25) is 0 Å². The number of thiophene rings is 1. The van der Waals surface area contributed by atoms with E-state index in [1.54, 1.807) is 6.33 Å². The van der Waals surface area contributed by atoms with Crippen LogP contribution in [0.25, 0.3) is 27.3 Å². The van der Waals surface area contributed by atoms with Crippen molar-refractivity contribution in [3.8, 4) is 11.4 Å². The molecule has 1 unspecified atom stereocenters. The predicted molar refractivity (Wildman–Crippen MR) is 107 cm³/mol. The van der Waals surface area contributed by atoms with Crippen LogP contribution in [0.2, 0.25) is 0 Å². The molecular weight excluding hydrogens is 342 g/mol. The summed E-state index contributed by atoms with van der Waals surface area (Å²) in [7, 11) is 4.09. The number of rotatable bonds is 2. The van der Waals surface area contributed by atoms with Gasteiger partial charge in [-0.1, -0.05) is 6.92 Å². The monoisotopic (exact) mass is 363 g/mol. The van der Waals surface area contributed by atoms with Gasteiger partial charge in [0.1, 0.15) is 11.2 Å². The van der Waals surface area contributed by atoms with E-state index in [4.69, 9.17) is 4.98 Å². The number of anilines is 1. The fourth-order valence-electron chi connectivity index (χ4n) is 3.78. The Balaban J connectivity index is 1.67. The highest BCUT2D eigenvalue weighted by atomic mass is 32.1. The van der Waals surface area contributed by atoms with E-state index in [2.05, 4.69) is 46.2 Å². The van der Waals surface area contributed by atoms with Crippen LogP contribution in [-0.2, 0) is 12.8 Å². The minimum atomic E-state index is 0.724. The van der Waals surface area contributed by atoms with E-state index in [-0.39, 0.29) is 0 Å². The molecule has 1 aliphatic rings. The van der Waals surface area contributed by atoms with Gasteiger partial charge in [0, 0.05) is 30.2 Å². The molecule has 1 atom stereocenters. The van der Waals surface area contributed by atoms with Gasteiger partial charge in [0.25, 0.3) is 0 Å². The second-order valence-electron chi connectivity index (χ2n) is 7.42. The quantitative estimate of drug-likeness (QED) is 0.535. The zero-order valence-corrected chi connectivity index (χ0v) is 16.0. The number of aromatic nitrogens is 4. The van der Waals surface area contributed by atoms with Crippen LogP contribution < -0.4 is 4.90 Å². The molecule has 26 heavy (non-hydrogen) atoms. The first-order valence-corrected chi connectivity index (χ1v) is 9.85. The van der Waals surface area contributed by atoms with Crippen molar-refractivity contribution in [3.05, 3.63) is 41.0 Å². The largest absolute Gasteiger partial charge is 0.378 e. The second-order valence-corrected chi connectivity index (χ2v) is 8.50. The first-order chi connectivity index (χ1) is 12.6. The molecule has 0 N–H and O–H groups in total. The van der Waals surface area contributed by atoms with Crippen LogP contribution in [0.3, 0.4) is 0 Å². The SMILES string of the molecule is CC1CCc2sc3ncn4nc(-c5ccc(N(C)C)cc5)nc4c3c2C1. The normalized spacial score (nSPS) is 17.0. The summed E-state index contributed by atoms with van der Waals surface area (Å²) in [6.45, 7) is 2.33. The summed E-state index contributed by atoms with van der Waals surface area (Å²) in [6, 6.07) is 8.37. The molecule has 3 aromatic heterocycles. The predicted octanol–water partition coefficient (Wildman–Crippen LogP) is 4.20. The number of hydrogen-bond acceptors (Lipinski definition) is 5. The highest BCUT2D eigenvalue weighted by Gasteiger charge is 2.23. The minimum absolute atomic E-state index is 0.724. The van der Waals surface area contributed by atoms with Gasteiger partial charge in [-0.2, -0.15) is 0 Å². The summed E-state index contributed by atoms with van der Waals surface area (Å²) in [4.78, 5) is 14.2. The Labute approximate surface area is 156 Å². The van der Waals surface area contributed by atoms with E-state index in [0.29, 0.717) is 0 Å². The van der Waals surface area contributed by atoms with Gasteiger partial charge < -0.3 is 4.90 Å². The number of hydrogen-bond donors (Lipinski definition) is 0. The van der Waals surface area contributed by atoms with Gasteiger partial charge in [-0.3, -0.25) is 0 Å². The molecule has 3 heterocycles. The molecule has 5 nitrogen and oxygen atoms in total. The van der Waals surface area contributed by atoms with Crippen LogP contribution in [0.1, 0.15) is 23.8 Å². The first-order valence-electron chi connectivity index (χ1n) is 9.03. The third-order valence-corrected chi connectivity index (χ3v) is 6.47. The lowest BCUT2D eigenvalue weighted by molar-refractivity contribution is 0.508. The zero-order valence-electron chi connectivity index (χ0n) is 15.2. The molecule has 1 aliphatic carbocycles. The Bertz CT molecular complexity index is 1110. The first kappa shape index (κ1) is 15.8. The number of benzene rings is 1. The summed E-state index contributed by atoms with van der Waals surface area (Å²) >= 11 is 1.83. The lowest BCUT2D eigenvalue weighted by atomic mass is 9.89. The van der Waals surface area contributed by atoms with E-state index in [1.807, 2.05) is 29.9 Å². The van der Waals surface area contributed by atoms with Crippen molar-refractivity contribution >= 4 is 32.9 Å². The van der Waals surface area contributed by atoms with Gasteiger partial charge in [-0.05, 0) is 55.0 Å². The standard InChI is InChI=1S/C20H21N5S/c1-12-4-9-16-15(10-12)17-19-22-18(23-25(19)11-21-20(17)26-16)13-5-7-14(8-6-13)24(2)3/h5-8,11-12H,4,9-10H2,1-3H3. The van der Waals surface area contributed by atoms with Crippen molar-refractivity contribution in [1.82, 2.24) is 19.6 Å². The van der Waals surface area contributed by atoms with Gasteiger partial charge in [0.15, 0.2) is 11.5 Å². The fraction of sp³-hybridized carbons (Fsp3) is 0.350. The summed E-state index contributed by atoms with van der Waals surface area (Å²) in [5.41, 5.74) is 4.59. The highest BCUT2D eigenvalue weighted by Crippen LogP contribution is 2.38. The maximum Gasteiger partial charge on any atom is 0.182 e. The summed E-state index contributed by atoms with van der Waals surface area (Å²) < 4.78 is 1.84. The number of fused-ring (bicyclic) bond motifs is 5. The van der Waals surface area contributed by atoms with E-state index in [9.17, 15) is 0 Å². The molecular formula is C20H21N5S. The molecule has 0 bridgehead atoms. The third-order valence-electron chi connectivity index (χ3n) is 5.27. The van der Waals surface area contributed by atoms with E-state index >= 15 is 0 Å². The van der Waals surface area contributed by atoms with E-state index in [0.717, 1.165) is 40.6 Å². The zero-order chi connectivity index (χ0) is 17.8. The van der Waals surface area contributed by atoms with Gasteiger partial charge in [-0.25, -0.2) is 14.5 Å². The molecule has 4 aromatic rings. The average molecular weight is 363 g/mol. The Morgan fingerprint density at radius 2 is 2.00 bits per heavy atom. The molecule has 1 aromatic carbocycles. The summed E-state index contributed by atoms with van der Waals surface area (Å²) in [6.07, 6.45) is 5.35. The summed E-state index contributed by atoms with van der Waals surface area (Å²) in [5.74, 6) is 1.48. The van der Waals surface area contributed by atoms with Gasteiger partial charge in [-0.15, -0.1) is 16.4 Å². The molecule has 132 valence electrons. The Morgan fingerprint density at radius 3 is 2.77 bits per heavy atom. The van der Waals surface area contributed by atoms with Crippen molar-refractivity contribution in [3.63, 3.8) is 0 Å². The Kier molecular flexibility index (Phi) is 3.50. The Morgan fingerprint density at radius 1 is 1.19 bits per heavy atom. The van der Waals surface area contributed by atoms with Crippen LogP contribution in [0.5, 0.6) is 0 Å². The van der Waals surface area contributed by atoms with Crippen molar-refractivity contribution in [2.24, 2.45) is 5.92 Å². The molecule has 5 rings (SSSR count). The van der Waals surface area contributed by atoms with Crippen LogP contribution >= 0.6 is 11.3 Å². The van der Waals surface area contributed by atoms with Crippen LogP contribution in [0.4, 0.5) is 5.69 Å². The summed E-state index contributed by atoms with van der Waals surface area (Å²) in [5, 5.41) is 5.90. The topological polar surface area (TPSA) is 46.3 Å². The van der Waals surface area contributed by atoms with Crippen molar-refractivity contribution in [2.45, 2.75) is 26.2 Å². The maximum atomic E-state index is 4.90. The van der Waals surface area contributed by atoms with Crippen molar-refractivity contribution < 1.29 is 0 Å². The van der Waals surface area contributed by atoms with E-state index < -0.39 is 0 Å². The average Bonchev–Trinajstić information content (AvgIpc) is 3.22. The molecule has 0 saturated carbocycles. The fourth-order valence-corrected chi connectivity index (χ4v) is 4.96. The van der Waals surface area contributed by atoms with Gasteiger partial charge >= 0.3 is 0 Å². The van der Waals surface area contributed by atoms with Crippen LogP contribution in [-0.4, -0.2) is 33.7 Å². The number of aryl methyl sites for hydroxylation is 1. The molecule has 0 spiro atoms. The second kappa shape index (κ2) is 5.77. The molecule has 0 amide bonds. The Hall–Kier alpha value is -2.47.